The lowest BCUT2D eigenvalue weighted by molar-refractivity contribution is -0.121. The Kier molecular flexibility index (Phi) is 16.7. The summed E-state index contributed by atoms with van der Waals surface area (Å²) in [6, 6.07) is 19.8. The fourth-order valence-electron chi connectivity index (χ4n) is 11.6. The van der Waals surface area contributed by atoms with E-state index in [1.807, 2.05) is 43.5 Å². The van der Waals surface area contributed by atoms with Crippen molar-refractivity contribution in [2.75, 3.05) is 47.4 Å². The molecule has 10 nitrogen and oxygen atoms in total. The van der Waals surface area contributed by atoms with E-state index >= 15 is 0 Å². The number of fused-ring (bicyclic) bond motifs is 4. The Labute approximate surface area is 419 Å². The van der Waals surface area contributed by atoms with Crippen LogP contribution in [0.25, 0.3) is 5.00 Å². The fraction of sp³-hybridized carbons (Fsp3) is 0.554. The van der Waals surface area contributed by atoms with Crippen molar-refractivity contribution in [3.63, 3.8) is 0 Å². The second-order valence-corrected chi connectivity index (χ2v) is 21.9. The molecule has 3 fully saturated rings. The fourth-order valence-corrected chi connectivity index (χ4v) is 13.0. The normalized spacial score (nSPS) is 19.3. The second kappa shape index (κ2) is 23.4. The van der Waals surface area contributed by atoms with Crippen molar-refractivity contribution < 1.29 is 9.18 Å². The van der Waals surface area contributed by atoms with Gasteiger partial charge in [-0.2, -0.15) is 0 Å². The van der Waals surface area contributed by atoms with E-state index in [-0.39, 0.29) is 18.1 Å². The molecule has 0 aliphatic carbocycles. The van der Waals surface area contributed by atoms with Crippen LogP contribution in [0.1, 0.15) is 161 Å². The minimum atomic E-state index is -0.448. The van der Waals surface area contributed by atoms with Gasteiger partial charge in [-0.05, 0) is 107 Å². The van der Waals surface area contributed by atoms with Gasteiger partial charge < -0.3 is 20.0 Å². The first kappa shape index (κ1) is 49.2. The summed E-state index contributed by atoms with van der Waals surface area (Å²) in [7, 11) is 0. The third kappa shape index (κ3) is 11.9. The molecule has 0 unspecified atom stereocenters. The van der Waals surface area contributed by atoms with Gasteiger partial charge in [-0.15, -0.1) is 21.5 Å². The predicted octanol–water partition coefficient (Wildman–Crippen LogP) is 13.1. The first-order valence-electron chi connectivity index (χ1n) is 26.3. The smallest absolute Gasteiger partial charge is 0.222 e. The molecule has 4 aliphatic rings. The molecule has 7 heterocycles. The Hall–Kier alpha value is -4.81. The van der Waals surface area contributed by atoms with Crippen LogP contribution in [-0.2, 0) is 4.79 Å². The third-order valence-corrected chi connectivity index (χ3v) is 17.0. The number of piperidine rings is 2. The number of hydrogen-bond acceptors (Lipinski definition) is 9. The highest BCUT2D eigenvalue weighted by Gasteiger charge is 2.41. The summed E-state index contributed by atoms with van der Waals surface area (Å²) >= 11 is 7.99. The van der Waals surface area contributed by atoms with E-state index in [4.69, 9.17) is 21.6 Å². The molecule has 0 saturated carbocycles. The van der Waals surface area contributed by atoms with Crippen LogP contribution >= 0.6 is 22.9 Å². The number of nitrogens with zero attached hydrogens (tertiary/aromatic N) is 8. The number of benzene rings is 2. The quantitative estimate of drug-likeness (QED) is 0.0732. The molecule has 0 spiro atoms. The summed E-state index contributed by atoms with van der Waals surface area (Å²) in [5.74, 6) is 3.30. The summed E-state index contributed by atoms with van der Waals surface area (Å²) in [6.07, 6.45) is 25.0. The monoisotopic (exact) mass is 974 g/mol. The molecular weight excluding hydrogens is 901 g/mol. The summed E-state index contributed by atoms with van der Waals surface area (Å²) in [6.45, 7) is 11.2. The molecule has 13 heteroatoms. The molecule has 4 aliphatic heterocycles. The SMILES string of the molecule is Cc1sc2c(c1C)C(c1ccc(Cl)cc1)=N[C@@H](CC(=O)NCCCCCCCCCCCCCCC1CCN(c3ccnc(N4CC[C@@H]5[C@H]4CCCN5c4cccc(F)c4)c3)CC1)c1nnc(C)n1-2. The van der Waals surface area contributed by atoms with Crippen molar-refractivity contribution in [1.82, 2.24) is 25.1 Å². The Balaban J connectivity index is 0.605. The number of hydrogen-bond donors (Lipinski definition) is 1. The van der Waals surface area contributed by atoms with Crippen LogP contribution in [0.15, 0.2) is 71.9 Å². The largest absolute Gasteiger partial charge is 0.371 e. The topological polar surface area (TPSA) is 94.8 Å². The zero-order valence-corrected chi connectivity index (χ0v) is 42.9. The number of thiophene rings is 1. The Morgan fingerprint density at radius 3 is 2.22 bits per heavy atom. The summed E-state index contributed by atoms with van der Waals surface area (Å²) in [5, 5.41) is 13.9. The molecule has 69 heavy (non-hydrogen) atoms. The van der Waals surface area contributed by atoms with E-state index in [0.717, 1.165) is 96.9 Å². The number of aliphatic imine (C=N–C) groups is 1. The number of aromatic nitrogens is 4. The van der Waals surface area contributed by atoms with Crippen LogP contribution < -0.4 is 20.0 Å². The van der Waals surface area contributed by atoms with Crippen LogP contribution in [0, 0.1) is 32.5 Å². The Morgan fingerprint density at radius 2 is 1.48 bits per heavy atom. The van der Waals surface area contributed by atoms with Crippen LogP contribution in [0.2, 0.25) is 5.02 Å². The van der Waals surface area contributed by atoms with Gasteiger partial charge in [0.25, 0.3) is 0 Å². The van der Waals surface area contributed by atoms with Crippen molar-refractivity contribution >= 4 is 51.7 Å². The zero-order valence-electron chi connectivity index (χ0n) is 41.3. The standard InChI is InChI=1S/C56H73ClFN9OS/c1-39-40(2)69-56-53(39)54(43-22-24-44(57)25-23-43)61-48(55-63-62-41(3)67(55)56)38-52(68)60-30-15-13-11-9-7-5-4-6-8-10-12-14-18-42-27-33-64(34-28-42)46-26-31-59-51(37-46)66-35-29-50-49(66)21-17-32-65(50)47-20-16-19-45(58)36-47/h16,19-20,22-26,31,36-37,42,48-50H,4-15,17-18,21,27-30,32-35,38H2,1-3H3,(H,60,68)/t48-,49+,50+/m0/s1. The maximum Gasteiger partial charge on any atom is 0.222 e. The minimum Gasteiger partial charge on any atom is -0.371 e. The van der Waals surface area contributed by atoms with Crippen molar-refractivity contribution in [3.8, 4) is 5.00 Å². The van der Waals surface area contributed by atoms with E-state index in [0.29, 0.717) is 29.5 Å². The van der Waals surface area contributed by atoms with Gasteiger partial charge in [0, 0.05) is 77.4 Å². The van der Waals surface area contributed by atoms with Gasteiger partial charge in [0.05, 0.1) is 24.2 Å². The molecule has 1 amide bonds. The van der Waals surface area contributed by atoms with Gasteiger partial charge in [-0.1, -0.05) is 107 Å². The number of carbonyl (C=O) groups is 1. The lowest BCUT2D eigenvalue weighted by atomic mass is 9.91. The number of unbranched alkanes of at least 4 members (excludes halogenated alkanes) is 11. The van der Waals surface area contributed by atoms with Gasteiger partial charge in [0.1, 0.15) is 28.5 Å². The molecule has 9 rings (SSSR count). The van der Waals surface area contributed by atoms with Crippen LogP contribution in [0.5, 0.6) is 0 Å². The average Bonchev–Trinajstić information content (AvgIpc) is 4.03. The zero-order chi connectivity index (χ0) is 47.7. The number of amides is 1. The number of pyridine rings is 1. The molecule has 0 bridgehead atoms. The molecule has 368 valence electrons. The highest BCUT2D eigenvalue weighted by molar-refractivity contribution is 7.15. The highest BCUT2D eigenvalue weighted by Crippen LogP contribution is 2.41. The molecule has 0 radical (unpaired) electrons. The predicted molar refractivity (Wildman–Crippen MR) is 283 cm³/mol. The summed E-state index contributed by atoms with van der Waals surface area (Å²) in [4.78, 5) is 32.3. The van der Waals surface area contributed by atoms with E-state index in [1.165, 1.54) is 106 Å². The highest BCUT2D eigenvalue weighted by atomic mass is 35.5. The maximum absolute atomic E-state index is 14.1. The van der Waals surface area contributed by atoms with Gasteiger partial charge in [-0.25, -0.2) is 9.37 Å². The van der Waals surface area contributed by atoms with E-state index in [1.54, 1.807) is 23.5 Å². The Bertz CT molecular complexity index is 2510. The first-order valence-corrected chi connectivity index (χ1v) is 27.5. The number of carbonyl (C=O) groups excluding carboxylic acids is 1. The molecule has 1 N–H and O–H groups in total. The second-order valence-electron chi connectivity index (χ2n) is 20.2. The summed E-state index contributed by atoms with van der Waals surface area (Å²) in [5.41, 5.74) is 6.43. The molecule has 3 saturated heterocycles. The molecular formula is C56H73ClFN9OS. The first-order chi connectivity index (χ1) is 33.7. The van der Waals surface area contributed by atoms with Crippen LogP contribution in [0.3, 0.4) is 0 Å². The van der Waals surface area contributed by atoms with E-state index < -0.39 is 6.04 Å². The van der Waals surface area contributed by atoms with Gasteiger partial charge >= 0.3 is 0 Å². The van der Waals surface area contributed by atoms with Crippen molar-refractivity contribution in [2.45, 2.75) is 161 Å². The minimum absolute atomic E-state index is 0.00456. The van der Waals surface area contributed by atoms with Crippen molar-refractivity contribution in [3.05, 3.63) is 111 Å². The van der Waals surface area contributed by atoms with Gasteiger partial charge in [0.2, 0.25) is 5.91 Å². The maximum atomic E-state index is 14.1. The number of anilines is 3. The van der Waals surface area contributed by atoms with Crippen molar-refractivity contribution in [1.29, 1.82) is 0 Å². The average molecular weight is 975 g/mol. The lowest BCUT2D eigenvalue weighted by Gasteiger charge is -2.41. The number of aryl methyl sites for hydroxylation is 2. The number of rotatable bonds is 21. The van der Waals surface area contributed by atoms with Crippen LogP contribution in [-0.4, -0.2) is 76.2 Å². The van der Waals surface area contributed by atoms with Crippen molar-refractivity contribution in [2.24, 2.45) is 10.9 Å². The molecule has 5 aromatic rings. The lowest BCUT2D eigenvalue weighted by Crippen LogP contribution is -2.50. The summed E-state index contributed by atoms with van der Waals surface area (Å²) < 4.78 is 16.2. The van der Waals surface area contributed by atoms with Gasteiger partial charge in [0.15, 0.2) is 5.82 Å². The van der Waals surface area contributed by atoms with E-state index in [2.05, 4.69) is 66.8 Å². The molecule has 2 aromatic carbocycles. The number of halogens is 2. The van der Waals surface area contributed by atoms with Crippen LogP contribution in [0.4, 0.5) is 21.6 Å². The van der Waals surface area contributed by atoms with E-state index in [9.17, 15) is 9.18 Å². The molecule has 3 atom stereocenters. The third-order valence-electron chi connectivity index (χ3n) is 15.5. The molecule has 3 aromatic heterocycles. The Morgan fingerprint density at radius 1 is 0.768 bits per heavy atom. The number of nitrogens with one attached hydrogen (secondary N) is 1. The van der Waals surface area contributed by atoms with Gasteiger partial charge in [-0.3, -0.25) is 14.4 Å².